The molecule has 0 radical (unpaired) electrons. The monoisotopic (exact) mass is 460 g/mol. The minimum atomic E-state index is -0.694. The fourth-order valence-corrected chi connectivity index (χ4v) is 3.64. The van der Waals surface area contributed by atoms with Gasteiger partial charge >= 0.3 is 0 Å². The van der Waals surface area contributed by atoms with E-state index >= 15 is 0 Å². The van der Waals surface area contributed by atoms with Crippen molar-refractivity contribution >= 4 is 23.3 Å². The molecule has 0 fully saturated rings. The second-order valence-electron chi connectivity index (χ2n) is 7.34. The normalized spacial score (nSPS) is 10.6. The molecule has 3 N–H and O–H groups in total. The molecule has 2 aromatic carbocycles. The van der Waals surface area contributed by atoms with E-state index in [9.17, 15) is 14.4 Å². The number of anilines is 1. The van der Waals surface area contributed by atoms with Crippen molar-refractivity contribution in [3.63, 3.8) is 0 Å². The van der Waals surface area contributed by atoms with Crippen molar-refractivity contribution in [3.8, 4) is 28.3 Å². The second kappa shape index (κ2) is 9.10. The van der Waals surface area contributed by atoms with Crippen LogP contribution in [0.3, 0.4) is 0 Å². The Hall–Kier alpha value is -4.22. The largest absolute Gasteiger partial charge is 0.383 e. The first-order valence-corrected chi connectivity index (χ1v) is 10.3. The highest BCUT2D eigenvalue weighted by Gasteiger charge is 2.16. The van der Waals surface area contributed by atoms with Crippen molar-refractivity contribution in [2.75, 3.05) is 5.73 Å². The van der Waals surface area contributed by atoms with E-state index in [1.54, 1.807) is 43.6 Å². The van der Waals surface area contributed by atoms with Gasteiger partial charge in [0.25, 0.3) is 5.91 Å². The van der Waals surface area contributed by atoms with Gasteiger partial charge in [-0.25, -0.2) is 9.37 Å². The zero-order chi connectivity index (χ0) is 23.5. The van der Waals surface area contributed by atoms with Gasteiger partial charge < -0.3 is 11.1 Å². The molecule has 33 heavy (non-hydrogen) atoms. The smallest absolute Gasteiger partial charge is 0.254 e. The lowest BCUT2D eigenvalue weighted by Gasteiger charge is -2.10. The second-order valence-corrected chi connectivity index (χ2v) is 7.78. The predicted molar refractivity (Wildman–Crippen MR) is 124 cm³/mol. The number of pyridine rings is 1. The molecule has 0 aliphatic carbocycles. The molecule has 0 unspecified atom stereocenters. The van der Waals surface area contributed by atoms with Crippen LogP contribution in [0.4, 0.5) is 10.2 Å². The first-order valence-electron chi connectivity index (χ1n) is 9.88. The van der Waals surface area contributed by atoms with Crippen molar-refractivity contribution in [3.05, 3.63) is 88.6 Å². The Balaban J connectivity index is 1.60. The average molecular weight is 461 g/mol. The Morgan fingerprint density at radius 2 is 2.03 bits per heavy atom. The number of hydrogen-bond acceptors (Lipinski definition) is 5. The fourth-order valence-electron chi connectivity index (χ4n) is 3.43. The zero-order valence-electron chi connectivity index (χ0n) is 17.5. The van der Waals surface area contributed by atoms with E-state index < -0.39 is 11.7 Å². The molecule has 0 aliphatic heterocycles. The number of aromatic nitrogens is 3. The minimum Gasteiger partial charge on any atom is -0.383 e. The van der Waals surface area contributed by atoms with Crippen LogP contribution in [-0.2, 0) is 13.6 Å². The number of rotatable bonds is 5. The summed E-state index contributed by atoms with van der Waals surface area (Å²) in [4.78, 5) is 16.7. The summed E-state index contributed by atoms with van der Waals surface area (Å²) >= 11 is 5.95. The SMILES string of the molecule is Cn1cc(-c2cnc(N)c(-c3ccc(C(=O)NCc4cccc(Cl)c4)c(F)c3)c2)c(C#N)n1. The van der Waals surface area contributed by atoms with Gasteiger partial charge in [0.15, 0.2) is 5.69 Å². The molecule has 2 heterocycles. The van der Waals surface area contributed by atoms with Crippen LogP contribution in [0.25, 0.3) is 22.3 Å². The lowest BCUT2D eigenvalue weighted by molar-refractivity contribution is 0.0947. The molecule has 0 spiro atoms. The van der Waals surface area contributed by atoms with Gasteiger partial charge in [0.1, 0.15) is 17.7 Å². The molecular formula is C24H18ClFN6O. The Morgan fingerprint density at radius 1 is 1.21 bits per heavy atom. The third-order valence-electron chi connectivity index (χ3n) is 5.03. The molecule has 2 aromatic heterocycles. The quantitative estimate of drug-likeness (QED) is 0.460. The summed E-state index contributed by atoms with van der Waals surface area (Å²) in [5.41, 5.74) is 9.12. The van der Waals surface area contributed by atoms with Gasteiger partial charge in [0.05, 0.1) is 5.56 Å². The van der Waals surface area contributed by atoms with Gasteiger partial charge in [0, 0.05) is 47.7 Å². The van der Waals surface area contributed by atoms with Gasteiger partial charge in [-0.05, 0) is 41.5 Å². The highest BCUT2D eigenvalue weighted by Crippen LogP contribution is 2.31. The minimum absolute atomic E-state index is 0.0949. The first kappa shape index (κ1) is 22.0. The summed E-state index contributed by atoms with van der Waals surface area (Å²) in [6.45, 7) is 0.214. The van der Waals surface area contributed by atoms with Crippen LogP contribution in [0.15, 0.2) is 60.9 Å². The highest BCUT2D eigenvalue weighted by molar-refractivity contribution is 6.30. The maximum Gasteiger partial charge on any atom is 0.254 e. The maximum atomic E-state index is 14.9. The number of nitrogens with two attached hydrogens (primary N) is 1. The van der Waals surface area contributed by atoms with Gasteiger partial charge in [-0.2, -0.15) is 10.4 Å². The number of carbonyl (C=O) groups is 1. The Labute approximate surface area is 194 Å². The van der Waals surface area contributed by atoms with Crippen molar-refractivity contribution < 1.29 is 9.18 Å². The number of nitrogen functional groups attached to an aromatic ring is 1. The van der Waals surface area contributed by atoms with Crippen LogP contribution in [0.1, 0.15) is 21.6 Å². The molecule has 1 amide bonds. The molecule has 0 atom stereocenters. The molecule has 0 saturated carbocycles. The molecule has 9 heteroatoms. The molecule has 0 saturated heterocycles. The maximum absolute atomic E-state index is 14.9. The van der Waals surface area contributed by atoms with Crippen LogP contribution < -0.4 is 11.1 Å². The molecule has 0 aliphatic rings. The number of nitriles is 1. The van der Waals surface area contributed by atoms with Crippen LogP contribution in [0.2, 0.25) is 5.02 Å². The lowest BCUT2D eigenvalue weighted by atomic mass is 10.00. The van der Waals surface area contributed by atoms with E-state index in [1.807, 2.05) is 12.1 Å². The van der Waals surface area contributed by atoms with Crippen molar-refractivity contribution in [2.24, 2.45) is 7.05 Å². The first-order chi connectivity index (χ1) is 15.9. The summed E-state index contributed by atoms with van der Waals surface area (Å²) in [7, 11) is 1.71. The summed E-state index contributed by atoms with van der Waals surface area (Å²) in [5.74, 6) is -1.05. The summed E-state index contributed by atoms with van der Waals surface area (Å²) in [5, 5.41) is 16.7. The third kappa shape index (κ3) is 4.68. The van der Waals surface area contributed by atoms with E-state index in [0.29, 0.717) is 27.3 Å². The zero-order valence-corrected chi connectivity index (χ0v) is 18.3. The van der Waals surface area contributed by atoms with Crippen molar-refractivity contribution in [1.82, 2.24) is 20.1 Å². The van der Waals surface area contributed by atoms with E-state index in [2.05, 4.69) is 15.4 Å². The number of nitrogens with zero attached hydrogens (tertiary/aromatic N) is 4. The molecule has 164 valence electrons. The molecule has 7 nitrogen and oxygen atoms in total. The Kier molecular flexibility index (Phi) is 6.07. The number of benzene rings is 2. The molecule has 4 rings (SSSR count). The Bertz CT molecular complexity index is 1410. The summed E-state index contributed by atoms with van der Waals surface area (Å²) in [6.07, 6.45) is 3.23. The van der Waals surface area contributed by atoms with Crippen LogP contribution in [0.5, 0.6) is 0 Å². The standard InChI is InChI=1S/C24H18ClFN6O/c1-32-13-20(22(10-27)31-32)16-8-19(23(28)29-12-16)15-5-6-18(21(26)9-15)24(33)30-11-14-3-2-4-17(25)7-14/h2-9,12-13H,11H2,1H3,(H2,28,29)(H,30,33). The van der Waals surface area contributed by atoms with Gasteiger partial charge in [0.2, 0.25) is 0 Å². The number of carbonyl (C=O) groups excluding carboxylic acids is 1. The molecule has 4 aromatic rings. The molecular weight excluding hydrogens is 443 g/mol. The number of halogens is 2. The van der Waals surface area contributed by atoms with Crippen LogP contribution >= 0.6 is 11.6 Å². The van der Waals surface area contributed by atoms with Crippen LogP contribution in [0, 0.1) is 17.1 Å². The predicted octanol–water partition coefficient (Wildman–Crippen LogP) is 4.33. The topological polar surface area (TPSA) is 110 Å². The number of hydrogen-bond donors (Lipinski definition) is 2. The number of nitrogens with one attached hydrogen (secondary N) is 1. The van der Waals surface area contributed by atoms with Crippen molar-refractivity contribution in [2.45, 2.75) is 6.54 Å². The van der Waals surface area contributed by atoms with Gasteiger partial charge in [-0.3, -0.25) is 9.48 Å². The van der Waals surface area contributed by atoms with Gasteiger partial charge in [-0.15, -0.1) is 0 Å². The summed E-state index contributed by atoms with van der Waals surface area (Å²) in [6, 6.07) is 15.0. The third-order valence-corrected chi connectivity index (χ3v) is 5.27. The Morgan fingerprint density at radius 3 is 2.76 bits per heavy atom. The molecule has 0 bridgehead atoms. The number of aryl methyl sites for hydroxylation is 1. The van der Waals surface area contributed by atoms with E-state index in [1.165, 1.54) is 23.0 Å². The number of amides is 1. The summed E-state index contributed by atoms with van der Waals surface area (Å²) < 4.78 is 16.4. The van der Waals surface area contributed by atoms with E-state index in [4.69, 9.17) is 17.3 Å². The van der Waals surface area contributed by atoms with E-state index in [0.717, 1.165) is 5.56 Å². The lowest BCUT2D eigenvalue weighted by Crippen LogP contribution is -2.23. The fraction of sp³-hybridized carbons (Fsp3) is 0.0833. The van der Waals surface area contributed by atoms with Crippen molar-refractivity contribution in [1.29, 1.82) is 5.26 Å². The van der Waals surface area contributed by atoms with E-state index in [-0.39, 0.29) is 23.6 Å². The average Bonchev–Trinajstić information content (AvgIpc) is 3.18. The highest BCUT2D eigenvalue weighted by atomic mass is 35.5. The van der Waals surface area contributed by atoms with Gasteiger partial charge in [-0.1, -0.05) is 29.8 Å². The van der Waals surface area contributed by atoms with Crippen LogP contribution in [-0.4, -0.2) is 20.7 Å².